The van der Waals surface area contributed by atoms with Crippen molar-refractivity contribution in [3.8, 4) is 28.4 Å². The second-order valence-corrected chi connectivity index (χ2v) is 4.40. The maximum absolute atomic E-state index is 5.39. The molecule has 0 atom stereocenters. The normalized spacial score (nSPS) is 10.6. The lowest BCUT2D eigenvalue weighted by Crippen LogP contribution is -1.96. The van der Waals surface area contributed by atoms with E-state index in [2.05, 4.69) is 10.2 Å². The third-order valence-electron chi connectivity index (χ3n) is 3.30. The SMILES string of the molecule is COc1cc(-c2cccn3cnnc23)cc(OC)c1OC. The van der Waals surface area contributed by atoms with Crippen molar-refractivity contribution in [3.05, 3.63) is 36.8 Å². The minimum absolute atomic E-state index is 0.567. The molecular weight excluding hydrogens is 270 g/mol. The lowest BCUT2D eigenvalue weighted by Gasteiger charge is -2.14. The van der Waals surface area contributed by atoms with E-state index >= 15 is 0 Å². The maximum atomic E-state index is 5.39. The summed E-state index contributed by atoms with van der Waals surface area (Å²) in [7, 11) is 4.77. The van der Waals surface area contributed by atoms with E-state index in [1.807, 2.05) is 34.9 Å². The molecule has 21 heavy (non-hydrogen) atoms. The summed E-state index contributed by atoms with van der Waals surface area (Å²) in [6, 6.07) is 7.70. The fourth-order valence-corrected chi connectivity index (χ4v) is 2.31. The Kier molecular flexibility index (Phi) is 3.35. The Morgan fingerprint density at radius 2 is 1.71 bits per heavy atom. The zero-order valence-corrected chi connectivity index (χ0v) is 12.0. The summed E-state index contributed by atoms with van der Waals surface area (Å²) in [5.41, 5.74) is 2.63. The van der Waals surface area contributed by atoms with Crippen molar-refractivity contribution in [3.63, 3.8) is 0 Å². The Morgan fingerprint density at radius 1 is 1.00 bits per heavy atom. The summed E-state index contributed by atoms with van der Waals surface area (Å²) in [6.45, 7) is 0. The van der Waals surface area contributed by atoms with Gasteiger partial charge in [-0.25, -0.2) is 0 Å². The molecule has 0 fully saturated rings. The van der Waals surface area contributed by atoms with Crippen LogP contribution in [0.25, 0.3) is 16.8 Å². The van der Waals surface area contributed by atoms with Gasteiger partial charge in [-0.2, -0.15) is 0 Å². The third-order valence-corrected chi connectivity index (χ3v) is 3.30. The van der Waals surface area contributed by atoms with Crippen molar-refractivity contribution in [2.75, 3.05) is 21.3 Å². The molecule has 0 spiro atoms. The number of methoxy groups -OCH3 is 3. The fraction of sp³-hybridized carbons (Fsp3) is 0.200. The van der Waals surface area contributed by atoms with E-state index in [0.717, 1.165) is 16.8 Å². The minimum atomic E-state index is 0.567. The van der Waals surface area contributed by atoms with Crippen molar-refractivity contribution >= 4 is 5.65 Å². The fourth-order valence-electron chi connectivity index (χ4n) is 2.31. The highest BCUT2D eigenvalue weighted by molar-refractivity contribution is 5.80. The number of aromatic nitrogens is 3. The predicted molar refractivity (Wildman–Crippen MR) is 78.1 cm³/mol. The van der Waals surface area contributed by atoms with Crippen molar-refractivity contribution < 1.29 is 14.2 Å². The smallest absolute Gasteiger partial charge is 0.203 e. The standard InChI is InChI=1S/C15H15N3O3/c1-19-12-7-10(8-13(20-2)14(12)21-3)11-5-4-6-18-9-16-17-15(11)18/h4-9H,1-3H3. The van der Waals surface area contributed by atoms with E-state index in [9.17, 15) is 0 Å². The molecule has 0 N–H and O–H groups in total. The molecule has 6 nitrogen and oxygen atoms in total. The van der Waals surface area contributed by atoms with Crippen molar-refractivity contribution in [2.45, 2.75) is 0 Å². The molecule has 0 aliphatic rings. The molecular formula is C15H15N3O3. The molecule has 0 radical (unpaired) electrons. The number of ether oxygens (including phenoxy) is 3. The molecule has 0 aliphatic heterocycles. The number of rotatable bonds is 4. The van der Waals surface area contributed by atoms with Crippen LogP contribution in [0.2, 0.25) is 0 Å². The van der Waals surface area contributed by atoms with Gasteiger partial charge in [0.15, 0.2) is 17.1 Å². The van der Waals surface area contributed by atoms with Crippen LogP contribution in [-0.2, 0) is 0 Å². The first-order chi connectivity index (χ1) is 10.3. The van der Waals surface area contributed by atoms with E-state index in [0.29, 0.717) is 17.2 Å². The summed E-state index contributed by atoms with van der Waals surface area (Å²) in [5, 5.41) is 8.08. The Morgan fingerprint density at radius 3 is 2.33 bits per heavy atom. The zero-order valence-electron chi connectivity index (χ0n) is 12.0. The van der Waals surface area contributed by atoms with Gasteiger partial charge >= 0.3 is 0 Å². The van der Waals surface area contributed by atoms with E-state index in [4.69, 9.17) is 14.2 Å². The molecule has 3 rings (SSSR count). The molecule has 0 saturated carbocycles. The quantitative estimate of drug-likeness (QED) is 0.737. The number of benzene rings is 1. The summed E-state index contributed by atoms with van der Waals surface area (Å²) in [4.78, 5) is 0. The molecule has 0 amide bonds. The molecule has 0 aliphatic carbocycles. The average molecular weight is 285 g/mol. The van der Waals surface area contributed by atoms with Gasteiger partial charge in [-0.05, 0) is 29.8 Å². The van der Waals surface area contributed by atoms with Crippen LogP contribution in [-0.4, -0.2) is 35.9 Å². The predicted octanol–water partition coefficient (Wildman–Crippen LogP) is 2.42. The summed E-state index contributed by atoms with van der Waals surface area (Å²) >= 11 is 0. The van der Waals surface area contributed by atoms with E-state index in [-0.39, 0.29) is 0 Å². The second kappa shape index (κ2) is 5.32. The first-order valence-electron chi connectivity index (χ1n) is 6.37. The highest BCUT2D eigenvalue weighted by Gasteiger charge is 2.15. The molecule has 0 bridgehead atoms. The summed E-state index contributed by atoms with van der Waals surface area (Å²) in [5.74, 6) is 1.78. The first-order valence-corrected chi connectivity index (χ1v) is 6.37. The second-order valence-electron chi connectivity index (χ2n) is 4.40. The molecule has 2 aromatic heterocycles. The van der Waals surface area contributed by atoms with Gasteiger partial charge in [-0.15, -0.1) is 10.2 Å². The third kappa shape index (κ3) is 2.14. The number of fused-ring (bicyclic) bond motifs is 1. The van der Waals surface area contributed by atoms with Gasteiger partial charge < -0.3 is 14.2 Å². The van der Waals surface area contributed by atoms with Crippen LogP contribution in [0.3, 0.4) is 0 Å². The number of hydrogen-bond donors (Lipinski definition) is 0. The molecule has 0 unspecified atom stereocenters. The van der Waals surface area contributed by atoms with Gasteiger partial charge in [0.1, 0.15) is 6.33 Å². The summed E-state index contributed by atoms with van der Waals surface area (Å²) in [6.07, 6.45) is 3.56. The highest BCUT2D eigenvalue weighted by Crippen LogP contribution is 2.41. The molecule has 3 aromatic rings. The van der Waals surface area contributed by atoms with Gasteiger partial charge in [0, 0.05) is 11.8 Å². The van der Waals surface area contributed by atoms with E-state index in [1.54, 1.807) is 27.7 Å². The van der Waals surface area contributed by atoms with Crippen molar-refractivity contribution in [1.82, 2.24) is 14.6 Å². The molecule has 6 heteroatoms. The van der Waals surface area contributed by atoms with Gasteiger partial charge in [-0.3, -0.25) is 4.40 Å². The topological polar surface area (TPSA) is 57.9 Å². The van der Waals surface area contributed by atoms with E-state index < -0.39 is 0 Å². The van der Waals surface area contributed by atoms with Crippen LogP contribution in [0, 0.1) is 0 Å². The zero-order chi connectivity index (χ0) is 14.8. The van der Waals surface area contributed by atoms with Crippen LogP contribution >= 0.6 is 0 Å². The Bertz CT molecular complexity index is 758. The molecule has 2 heterocycles. The van der Waals surface area contributed by atoms with Crippen molar-refractivity contribution in [2.24, 2.45) is 0 Å². The van der Waals surface area contributed by atoms with Gasteiger partial charge in [0.05, 0.1) is 21.3 Å². The van der Waals surface area contributed by atoms with Crippen molar-refractivity contribution in [1.29, 1.82) is 0 Å². The average Bonchev–Trinajstić information content (AvgIpc) is 3.01. The minimum Gasteiger partial charge on any atom is -0.493 e. The monoisotopic (exact) mass is 285 g/mol. The Labute approximate surface area is 121 Å². The van der Waals surface area contributed by atoms with E-state index in [1.165, 1.54) is 0 Å². The van der Waals surface area contributed by atoms with Crippen LogP contribution in [0.15, 0.2) is 36.8 Å². The molecule has 0 saturated heterocycles. The van der Waals surface area contributed by atoms with Gasteiger partial charge in [0.25, 0.3) is 0 Å². The Hall–Kier alpha value is -2.76. The largest absolute Gasteiger partial charge is 0.493 e. The van der Waals surface area contributed by atoms with Gasteiger partial charge in [0.2, 0.25) is 5.75 Å². The number of nitrogens with zero attached hydrogens (tertiary/aromatic N) is 3. The summed E-state index contributed by atoms with van der Waals surface area (Å²) < 4.78 is 18.0. The maximum Gasteiger partial charge on any atom is 0.203 e. The van der Waals surface area contributed by atoms with Crippen LogP contribution in [0.1, 0.15) is 0 Å². The van der Waals surface area contributed by atoms with Crippen LogP contribution < -0.4 is 14.2 Å². The number of pyridine rings is 1. The van der Waals surface area contributed by atoms with Crippen LogP contribution in [0.4, 0.5) is 0 Å². The highest BCUT2D eigenvalue weighted by atomic mass is 16.5. The Balaban J connectivity index is 2.25. The number of hydrogen-bond acceptors (Lipinski definition) is 5. The lowest BCUT2D eigenvalue weighted by molar-refractivity contribution is 0.324. The molecule has 108 valence electrons. The van der Waals surface area contributed by atoms with Crippen LogP contribution in [0.5, 0.6) is 17.2 Å². The molecule has 1 aromatic carbocycles. The first kappa shape index (κ1) is 13.2. The lowest BCUT2D eigenvalue weighted by atomic mass is 10.1. The van der Waals surface area contributed by atoms with Gasteiger partial charge in [-0.1, -0.05) is 0 Å².